The Morgan fingerprint density at radius 2 is 1.89 bits per heavy atom. The van der Waals surface area contributed by atoms with E-state index in [9.17, 15) is 9.18 Å². The van der Waals surface area contributed by atoms with E-state index in [4.69, 9.17) is 10.5 Å². The Labute approximate surface area is 209 Å². The van der Waals surface area contributed by atoms with Gasteiger partial charge in [0.1, 0.15) is 23.9 Å². The van der Waals surface area contributed by atoms with Gasteiger partial charge in [-0.25, -0.2) is 14.4 Å². The number of carbonyl (C=O) groups excluding carboxylic acids is 1. The molecule has 0 bridgehead atoms. The van der Waals surface area contributed by atoms with Crippen molar-refractivity contribution in [2.75, 3.05) is 5.73 Å². The van der Waals surface area contributed by atoms with Gasteiger partial charge in [-0.1, -0.05) is 59.8 Å². The van der Waals surface area contributed by atoms with Crippen molar-refractivity contribution in [1.29, 1.82) is 0 Å². The van der Waals surface area contributed by atoms with E-state index in [1.165, 1.54) is 18.3 Å². The Morgan fingerprint density at radius 3 is 2.65 bits per heavy atom. The maximum absolute atomic E-state index is 13.2. The average Bonchev–Trinajstić information content (AvgIpc) is 3.55. The fourth-order valence-corrected chi connectivity index (χ4v) is 3.41. The van der Waals surface area contributed by atoms with Crippen LogP contribution in [0, 0.1) is 5.82 Å². The van der Waals surface area contributed by atoms with E-state index >= 15 is 0 Å². The van der Waals surface area contributed by atoms with E-state index in [1.807, 2.05) is 18.2 Å². The minimum Gasteiger partial charge on any atom is -0.489 e. The average molecular weight is 498 g/mol. The highest BCUT2D eigenvalue weighted by Crippen LogP contribution is 2.24. The molecule has 37 heavy (non-hydrogen) atoms. The number of hydrazone groups is 1. The highest BCUT2D eigenvalue weighted by molar-refractivity contribution is 5.99. The van der Waals surface area contributed by atoms with Crippen LogP contribution in [0.5, 0.6) is 5.75 Å². The Hall–Kier alpha value is -5.39. The van der Waals surface area contributed by atoms with E-state index in [0.29, 0.717) is 22.6 Å². The molecule has 0 aliphatic heterocycles. The fraction of sp³-hybridized carbons (Fsp3) is 0.0400. The van der Waals surface area contributed by atoms with Gasteiger partial charge in [0.2, 0.25) is 11.6 Å². The maximum atomic E-state index is 13.2. The molecule has 0 atom stereocenters. The molecule has 0 unspecified atom stereocenters. The van der Waals surface area contributed by atoms with Crippen molar-refractivity contribution in [2.45, 2.75) is 6.61 Å². The van der Waals surface area contributed by atoms with Crippen molar-refractivity contribution in [3.8, 4) is 22.8 Å². The lowest BCUT2D eigenvalue weighted by Gasteiger charge is -2.07. The van der Waals surface area contributed by atoms with Crippen LogP contribution in [0.3, 0.4) is 0 Å². The Balaban J connectivity index is 1.33. The van der Waals surface area contributed by atoms with Crippen LogP contribution in [-0.2, 0) is 6.61 Å². The first-order valence-electron chi connectivity index (χ1n) is 11.0. The number of benzene rings is 3. The molecule has 0 saturated heterocycles. The van der Waals surface area contributed by atoms with E-state index in [-0.39, 0.29) is 29.8 Å². The topological polar surface area (TPSA) is 146 Å². The predicted molar refractivity (Wildman–Crippen MR) is 131 cm³/mol. The molecule has 5 rings (SSSR count). The van der Waals surface area contributed by atoms with Gasteiger partial charge in [0.05, 0.1) is 6.21 Å². The van der Waals surface area contributed by atoms with Crippen LogP contribution in [0.15, 0.2) is 88.6 Å². The van der Waals surface area contributed by atoms with E-state index in [1.54, 1.807) is 48.5 Å². The van der Waals surface area contributed by atoms with Gasteiger partial charge in [0, 0.05) is 5.56 Å². The Morgan fingerprint density at radius 1 is 1.08 bits per heavy atom. The van der Waals surface area contributed by atoms with Crippen molar-refractivity contribution in [3.05, 3.63) is 102 Å². The molecular weight excluding hydrogens is 479 g/mol. The SMILES string of the molecule is Nc1nonc1-n1nnc(-c2ccccc2)c1C(=O)N/N=C/c1cccc(OCc2ccc(F)cc2)c1. The first kappa shape index (κ1) is 23.4. The van der Waals surface area contributed by atoms with Gasteiger partial charge >= 0.3 is 0 Å². The summed E-state index contributed by atoms with van der Waals surface area (Å²) in [5.74, 6) is -0.359. The number of carbonyl (C=O) groups is 1. The second-order valence-corrected chi connectivity index (χ2v) is 7.72. The number of nitrogens with two attached hydrogens (primary N) is 1. The molecule has 11 nitrogen and oxygen atoms in total. The standard InChI is InChI=1S/C25H19FN8O3/c26-19-11-9-16(10-12-19)15-36-20-8-4-5-17(13-20)14-28-30-25(35)22-21(18-6-2-1-3-7-18)29-33-34(22)24-23(27)31-37-32-24/h1-14H,15H2,(H2,27,31)(H,30,35)/b28-14+. The molecule has 0 radical (unpaired) electrons. The Kier molecular flexibility index (Phi) is 6.61. The van der Waals surface area contributed by atoms with E-state index in [0.717, 1.165) is 10.2 Å². The summed E-state index contributed by atoms with van der Waals surface area (Å²) in [6.45, 7) is 0.275. The Bertz CT molecular complexity index is 1550. The number of nitrogen functional groups attached to an aromatic ring is 1. The summed E-state index contributed by atoms with van der Waals surface area (Å²) in [5.41, 5.74) is 10.8. The third-order valence-corrected chi connectivity index (χ3v) is 5.19. The zero-order valence-corrected chi connectivity index (χ0v) is 19.2. The molecule has 2 aromatic heterocycles. The highest BCUT2D eigenvalue weighted by atomic mass is 19.1. The number of amides is 1. The maximum Gasteiger partial charge on any atom is 0.292 e. The van der Waals surface area contributed by atoms with Crippen molar-refractivity contribution < 1.29 is 18.6 Å². The number of rotatable bonds is 8. The van der Waals surface area contributed by atoms with Crippen molar-refractivity contribution >= 4 is 17.9 Å². The molecule has 184 valence electrons. The first-order chi connectivity index (χ1) is 18.1. The summed E-state index contributed by atoms with van der Waals surface area (Å²) < 4.78 is 24.6. The number of hydrogen-bond acceptors (Lipinski definition) is 9. The summed E-state index contributed by atoms with van der Waals surface area (Å²) in [4.78, 5) is 13.2. The fourth-order valence-electron chi connectivity index (χ4n) is 3.41. The van der Waals surface area contributed by atoms with Crippen molar-refractivity contribution in [2.24, 2.45) is 5.10 Å². The van der Waals surface area contributed by atoms with Gasteiger partial charge in [0.25, 0.3) is 5.91 Å². The van der Waals surface area contributed by atoms with E-state index < -0.39 is 5.91 Å². The van der Waals surface area contributed by atoms with Gasteiger partial charge in [-0.2, -0.15) is 9.78 Å². The van der Waals surface area contributed by atoms with Crippen LogP contribution in [0.25, 0.3) is 17.1 Å². The van der Waals surface area contributed by atoms with Gasteiger partial charge in [0.15, 0.2) is 5.69 Å². The van der Waals surface area contributed by atoms with Crippen molar-refractivity contribution in [1.82, 2.24) is 30.7 Å². The number of hydrogen-bond donors (Lipinski definition) is 2. The highest BCUT2D eigenvalue weighted by Gasteiger charge is 2.25. The molecule has 0 fully saturated rings. The van der Waals surface area contributed by atoms with Crippen LogP contribution in [0.4, 0.5) is 10.2 Å². The minimum atomic E-state index is -0.605. The summed E-state index contributed by atoms with van der Waals surface area (Å²) in [6.07, 6.45) is 1.46. The minimum absolute atomic E-state index is 0.0230. The van der Waals surface area contributed by atoms with Crippen LogP contribution in [-0.4, -0.2) is 37.4 Å². The predicted octanol–water partition coefficient (Wildman–Crippen LogP) is 3.38. The summed E-state index contributed by atoms with van der Waals surface area (Å²) in [7, 11) is 0. The van der Waals surface area contributed by atoms with E-state index in [2.05, 4.69) is 35.8 Å². The monoisotopic (exact) mass is 498 g/mol. The number of anilines is 1. The molecule has 12 heteroatoms. The number of nitrogens with zero attached hydrogens (tertiary/aromatic N) is 6. The van der Waals surface area contributed by atoms with Gasteiger partial charge < -0.3 is 10.5 Å². The molecule has 2 heterocycles. The van der Waals surface area contributed by atoms with Crippen LogP contribution in [0.2, 0.25) is 0 Å². The normalized spacial score (nSPS) is 11.1. The molecule has 0 spiro atoms. The molecule has 1 amide bonds. The summed E-state index contributed by atoms with van der Waals surface area (Å²) >= 11 is 0. The third kappa shape index (κ3) is 5.32. The molecule has 5 aromatic rings. The number of ether oxygens (including phenoxy) is 1. The molecular formula is C25H19FN8O3. The summed E-state index contributed by atoms with van der Waals surface area (Å²) in [6, 6.07) is 22.2. The second-order valence-electron chi connectivity index (χ2n) is 7.72. The molecule has 0 aliphatic carbocycles. The quantitative estimate of drug-likeness (QED) is 0.245. The summed E-state index contributed by atoms with van der Waals surface area (Å²) in [5, 5.41) is 19.5. The lowest BCUT2D eigenvalue weighted by molar-refractivity contribution is 0.0948. The number of aromatic nitrogens is 5. The van der Waals surface area contributed by atoms with Gasteiger partial charge in [-0.15, -0.1) is 5.10 Å². The lowest BCUT2D eigenvalue weighted by atomic mass is 10.1. The zero-order valence-electron chi connectivity index (χ0n) is 19.2. The van der Waals surface area contributed by atoms with Gasteiger partial charge in [-0.05, 0) is 45.7 Å². The van der Waals surface area contributed by atoms with Crippen molar-refractivity contribution in [3.63, 3.8) is 0 Å². The smallest absolute Gasteiger partial charge is 0.292 e. The molecule has 3 N–H and O–H groups in total. The van der Waals surface area contributed by atoms with Crippen LogP contribution in [0.1, 0.15) is 21.6 Å². The second kappa shape index (κ2) is 10.5. The third-order valence-electron chi connectivity index (χ3n) is 5.19. The first-order valence-corrected chi connectivity index (χ1v) is 11.0. The van der Waals surface area contributed by atoms with Crippen LogP contribution < -0.4 is 15.9 Å². The lowest BCUT2D eigenvalue weighted by Crippen LogP contribution is -2.22. The van der Waals surface area contributed by atoms with Gasteiger partial charge in [-0.3, -0.25) is 4.79 Å². The molecule has 0 aliphatic rings. The molecule has 3 aromatic carbocycles. The zero-order chi connectivity index (χ0) is 25.6. The number of nitrogens with one attached hydrogen (secondary N) is 1. The molecule has 0 saturated carbocycles. The largest absolute Gasteiger partial charge is 0.489 e. The van der Waals surface area contributed by atoms with Crippen LogP contribution >= 0.6 is 0 Å². The number of halogens is 1.